The van der Waals surface area contributed by atoms with Gasteiger partial charge in [-0.25, -0.2) is 4.79 Å². The Kier molecular flexibility index (Phi) is 3.74. The van der Waals surface area contributed by atoms with Crippen molar-refractivity contribution in [3.8, 4) is 0 Å². The second-order valence-corrected chi connectivity index (χ2v) is 5.61. The van der Waals surface area contributed by atoms with E-state index in [2.05, 4.69) is 37.9 Å². The van der Waals surface area contributed by atoms with E-state index in [1.807, 2.05) is 12.1 Å². The van der Waals surface area contributed by atoms with Crippen molar-refractivity contribution in [1.29, 1.82) is 0 Å². The molecule has 0 aliphatic rings. The average molecular weight is 257 g/mol. The second kappa shape index (κ2) is 5.31. The Labute approximate surface area is 113 Å². The van der Waals surface area contributed by atoms with Gasteiger partial charge < -0.3 is 9.72 Å². The van der Waals surface area contributed by atoms with Gasteiger partial charge in [0.05, 0.1) is 0 Å². The number of carbonyl (C=O) groups excluding carboxylic acids is 1. The first kappa shape index (κ1) is 13.4. The van der Waals surface area contributed by atoms with Crippen LogP contribution in [0.2, 0.25) is 0 Å². The Bertz CT molecular complexity index is 533. The summed E-state index contributed by atoms with van der Waals surface area (Å²) in [6.07, 6.45) is 1.70. The summed E-state index contributed by atoms with van der Waals surface area (Å²) in [5.41, 5.74) is 2.88. The van der Waals surface area contributed by atoms with Gasteiger partial charge in [0.1, 0.15) is 12.3 Å². The van der Waals surface area contributed by atoms with Crippen LogP contribution in [-0.2, 0) is 16.8 Å². The molecule has 1 N–H and O–H groups in total. The third-order valence-electron chi connectivity index (χ3n) is 3.01. The zero-order valence-electron chi connectivity index (χ0n) is 11.6. The summed E-state index contributed by atoms with van der Waals surface area (Å²) in [5.74, 6) is -0.329. The maximum atomic E-state index is 11.7. The smallest absolute Gasteiger partial charge is 0.355 e. The Morgan fingerprint density at radius 1 is 1.16 bits per heavy atom. The van der Waals surface area contributed by atoms with Gasteiger partial charge in [0.15, 0.2) is 0 Å². The lowest BCUT2D eigenvalue weighted by molar-refractivity contribution is 0.0466. The number of hydrogen-bond donors (Lipinski definition) is 1. The number of rotatable bonds is 3. The van der Waals surface area contributed by atoms with Crippen molar-refractivity contribution in [2.24, 2.45) is 0 Å². The van der Waals surface area contributed by atoms with E-state index in [4.69, 9.17) is 4.74 Å². The molecule has 1 aromatic carbocycles. The Morgan fingerprint density at radius 2 is 1.84 bits per heavy atom. The largest absolute Gasteiger partial charge is 0.456 e. The zero-order chi connectivity index (χ0) is 13.9. The summed E-state index contributed by atoms with van der Waals surface area (Å²) >= 11 is 0. The van der Waals surface area contributed by atoms with E-state index in [0.717, 1.165) is 5.56 Å². The van der Waals surface area contributed by atoms with Crippen LogP contribution in [0.4, 0.5) is 0 Å². The van der Waals surface area contributed by atoms with Crippen LogP contribution in [0.25, 0.3) is 0 Å². The highest BCUT2D eigenvalue weighted by molar-refractivity contribution is 5.87. The van der Waals surface area contributed by atoms with E-state index < -0.39 is 0 Å². The topological polar surface area (TPSA) is 42.1 Å². The second-order valence-electron chi connectivity index (χ2n) is 5.61. The van der Waals surface area contributed by atoms with Gasteiger partial charge in [0.2, 0.25) is 0 Å². The molecule has 0 spiro atoms. The maximum Gasteiger partial charge on any atom is 0.355 e. The Hall–Kier alpha value is -2.03. The molecule has 0 unspecified atom stereocenters. The van der Waals surface area contributed by atoms with Gasteiger partial charge in [-0.15, -0.1) is 0 Å². The van der Waals surface area contributed by atoms with E-state index in [1.165, 1.54) is 5.56 Å². The number of nitrogens with one attached hydrogen (secondary N) is 1. The molecule has 0 amide bonds. The summed E-state index contributed by atoms with van der Waals surface area (Å²) in [6.45, 7) is 6.82. The third-order valence-corrected chi connectivity index (χ3v) is 3.01. The van der Waals surface area contributed by atoms with E-state index in [-0.39, 0.29) is 11.4 Å². The fourth-order valence-electron chi connectivity index (χ4n) is 1.78. The molecule has 0 fully saturated rings. The van der Waals surface area contributed by atoms with E-state index >= 15 is 0 Å². The fraction of sp³-hybridized carbons (Fsp3) is 0.312. The van der Waals surface area contributed by atoms with Gasteiger partial charge in [0, 0.05) is 6.20 Å². The SMILES string of the molecule is CC(C)(C)c1ccc(COC(=O)c2ccc[nH]2)cc1. The summed E-state index contributed by atoms with van der Waals surface area (Å²) in [5, 5.41) is 0. The van der Waals surface area contributed by atoms with Crippen LogP contribution in [-0.4, -0.2) is 11.0 Å². The predicted molar refractivity (Wildman–Crippen MR) is 75.1 cm³/mol. The predicted octanol–water partition coefficient (Wildman–Crippen LogP) is 3.67. The molecule has 3 nitrogen and oxygen atoms in total. The number of ether oxygens (including phenoxy) is 1. The maximum absolute atomic E-state index is 11.7. The van der Waals surface area contributed by atoms with E-state index in [0.29, 0.717) is 12.3 Å². The minimum absolute atomic E-state index is 0.138. The van der Waals surface area contributed by atoms with Crippen LogP contribution in [0.3, 0.4) is 0 Å². The Morgan fingerprint density at radius 3 is 2.37 bits per heavy atom. The van der Waals surface area contributed by atoms with Gasteiger partial charge in [0.25, 0.3) is 0 Å². The van der Waals surface area contributed by atoms with Crippen molar-refractivity contribution in [3.63, 3.8) is 0 Å². The number of H-pyrrole nitrogens is 1. The first-order valence-corrected chi connectivity index (χ1v) is 6.37. The molecule has 0 radical (unpaired) electrons. The Balaban J connectivity index is 1.95. The zero-order valence-corrected chi connectivity index (χ0v) is 11.6. The van der Waals surface area contributed by atoms with Crippen molar-refractivity contribution in [2.75, 3.05) is 0 Å². The lowest BCUT2D eigenvalue weighted by Crippen LogP contribution is -2.11. The van der Waals surface area contributed by atoms with Gasteiger partial charge >= 0.3 is 5.97 Å². The lowest BCUT2D eigenvalue weighted by Gasteiger charge is -2.19. The molecule has 1 heterocycles. The average Bonchev–Trinajstić information content (AvgIpc) is 2.89. The molecule has 2 rings (SSSR count). The summed E-state index contributed by atoms with van der Waals surface area (Å²) in [7, 11) is 0. The van der Waals surface area contributed by atoms with Gasteiger partial charge in [-0.3, -0.25) is 0 Å². The van der Waals surface area contributed by atoms with Crippen LogP contribution in [0, 0.1) is 0 Å². The number of hydrogen-bond acceptors (Lipinski definition) is 2. The molecule has 19 heavy (non-hydrogen) atoms. The highest BCUT2D eigenvalue weighted by Crippen LogP contribution is 2.22. The molecule has 0 saturated carbocycles. The number of aromatic amines is 1. The molecule has 2 aromatic rings. The van der Waals surface area contributed by atoms with Crippen molar-refractivity contribution in [1.82, 2.24) is 4.98 Å². The van der Waals surface area contributed by atoms with Crippen molar-refractivity contribution >= 4 is 5.97 Å². The molecule has 0 aliphatic heterocycles. The van der Waals surface area contributed by atoms with Crippen LogP contribution >= 0.6 is 0 Å². The summed E-state index contributed by atoms with van der Waals surface area (Å²) < 4.78 is 5.23. The van der Waals surface area contributed by atoms with Gasteiger partial charge in [-0.1, -0.05) is 45.0 Å². The highest BCUT2D eigenvalue weighted by atomic mass is 16.5. The number of carbonyl (C=O) groups is 1. The molecular formula is C16H19NO2. The van der Waals surface area contributed by atoms with Crippen molar-refractivity contribution < 1.29 is 9.53 Å². The van der Waals surface area contributed by atoms with Crippen LogP contribution in [0.5, 0.6) is 0 Å². The first-order valence-electron chi connectivity index (χ1n) is 6.37. The van der Waals surface area contributed by atoms with Crippen LogP contribution in [0.15, 0.2) is 42.6 Å². The van der Waals surface area contributed by atoms with E-state index in [9.17, 15) is 4.79 Å². The van der Waals surface area contributed by atoms with Crippen molar-refractivity contribution in [3.05, 3.63) is 59.4 Å². The third kappa shape index (κ3) is 3.47. The molecule has 0 aliphatic carbocycles. The molecule has 0 atom stereocenters. The quantitative estimate of drug-likeness (QED) is 0.852. The summed E-state index contributed by atoms with van der Waals surface area (Å²) in [6, 6.07) is 11.6. The number of benzene rings is 1. The highest BCUT2D eigenvalue weighted by Gasteiger charge is 2.13. The van der Waals surface area contributed by atoms with Crippen LogP contribution in [0.1, 0.15) is 42.4 Å². The van der Waals surface area contributed by atoms with Crippen molar-refractivity contribution in [2.45, 2.75) is 32.8 Å². The fourth-order valence-corrected chi connectivity index (χ4v) is 1.78. The van der Waals surface area contributed by atoms with Gasteiger partial charge in [-0.05, 0) is 28.7 Å². The number of aromatic nitrogens is 1. The van der Waals surface area contributed by atoms with Gasteiger partial charge in [-0.2, -0.15) is 0 Å². The minimum Gasteiger partial charge on any atom is -0.456 e. The monoisotopic (exact) mass is 257 g/mol. The molecular weight excluding hydrogens is 238 g/mol. The minimum atomic E-state index is -0.329. The first-order chi connectivity index (χ1) is 8.97. The molecule has 0 saturated heterocycles. The summed E-state index contributed by atoms with van der Waals surface area (Å²) in [4.78, 5) is 14.5. The molecule has 1 aromatic heterocycles. The number of esters is 1. The molecule has 0 bridgehead atoms. The standard InChI is InChI=1S/C16H19NO2/c1-16(2,3)13-8-6-12(7-9-13)11-19-15(18)14-5-4-10-17-14/h4-10,17H,11H2,1-3H3. The molecule has 100 valence electrons. The lowest BCUT2D eigenvalue weighted by atomic mass is 9.87. The van der Waals surface area contributed by atoms with Crippen LogP contribution < -0.4 is 0 Å². The normalized spacial score (nSPS) is 11.3. The van der Waals surface area contributed by atoms with E-state index in [1.54, 1.807) is 18.3 Å². The molecule has 3 heteroatoms.